The predicted octanol–water partition coefficient (Wildman–Crippen LogP) is 3.25. The van der Waals surface area contributed by atoms with E-state index in [1.165, 1.54) is 12.8 Å². The minimum atomic E-state index is -0.307. The predicted molar refractivity (Wildman–Crippen MR) is 55.0 cm³/mol. The number of halogens is 1. The van der Waals surface area contributed by atoms with Gasteiger partial charge in [-0.3, -0.25) is 4.79 Å². The van der Waals surface area contributed by atoms with Crippen molar-refractivity contribution in [1.82, 2.24) is 4.90 Å². The average molecular weight is 204 g/mol. The molecule has 0 bridgehead atoms. The van der Waals surface area contributed by atoms with E-state index in [0.717, 1.165) is 13.0 Å². The second kappa shape index (κ2) is 3.87. The first kappa shape index (κ1) is 10.8. The van der Waals surface area contributed by atoms with E-state index in [2.05, 4.69) is 20.8 Å². The molecule has 1 atom stereocenters. The highest BCUT2D eigenvalue weighted by atomic mass is 35.5. The Balaban J connectivity index is 2.84. The van der Waals surface area contributed by atoms with Gasteiger partial charge in [-0.05, 0) is 44.2 Å². The Morgan fingerprint density at radius 1 is 1.46 bits per heavy atom. The first-order valence-electron chi connectivity index (χ1n) is 4.93. The van der Waals surface area contributed by atoms with Crippen molar-refractivity contribution in [2.75, 3.05) is 6.54 Å². The molecular weight excluding hydrogens is 186 g/mol. The Bertz CT molecular complexity index is 203. The minimum Gasteiger partial charge on any atom is -0.324 e. The topological polar surface area (TPSA) is 20.3 Å². The molecule has 3 heteroatoms. The first-order chi connectivity index (χ1) is 5.96. The van der Waals surface area contributed by atoms with Crippen LogP contribution in [-0.2, 0) is 0 Å². The number of nitrogens with zero attached hydrogens (tertiary/aromatic N) is 1. The van der Waals surface area contributed by atoms with Crippen LogP contribution in [0.15, 0.2) is 0 Å². The number of amides is 1. The van der Waals surface area contributed by atoms with Crippen molar-refractivity contribution in [2.24, 2.45) is 5.92 Å². The molecule has 0 radical (unpaired) electrons. The van der Waals surface area contributed by atoms with E-state index in [0.29, 0.717) is 5.92 Å². The number of hydrogen-bond donors (Lipinski definition) is 0. The Morgan fingerprint density at radius 3 is 2.62 bits per heavy atom. The van der Waals surface area contributed by atoms with Crippen LogP contribution in [0.2, 0.25) is 0 Å². The summed E-state index contributed by atoms with van der Waals surface area (Å²) < 4.78 is 0. The van der Waals surface area contributed by atoms with E-state index < -0.39 is 0 Å². The lowest BCUT2D eigenvalue weighted by atomic mass is 9.86. The second-order valence-electron chi connectivity index (χ2n) is 4.46. The summed E-state index contributed by atoms with van der Waals surface area (Å²) in [5.41, 5.74) is -0.0880. The fourth-order valence-electron chi connectivity index (χ4n) is 1.94. The summed E-state index contributed by atoms with van der Waals surface area (Å²) in [6.45, 7) is 7.20. The van der Waals surface area contributed by atoms with Crippen LogP contribution in [-0.4, -0.2) is 22.3 Å². The molecule has 0 spiro atoms. The molecule has 2 nitrogen and oxygen atoms in total. The molecule has 0 aromatic rings. The van der Waals surface area contributed by atoms with Gasteiger partial charge in [-0.1, -0.05) is 13.3 Å². The SMILES string of the molecule is CC1CCCCN(C(=O)Cl)C1(C)C. The third-order valence-corrected chi connectivity index (χ3v) is 3.59. The van der Waals surface area contributed by atoms with Crippen LogP contribution in [0.5, 0.6) is 0 Å². The van der Waals surface area contributed by atoms with E-state index in [9.17, 15) is 4.79 Å². The molecule has 0 aromatic carbocycles. The highest BCUT2D eigenvalue weighted by Gasteiger charge is 2.36. The van der Waals surface area contributed by atoms with Gasteiger partial charge >= 0.3 is 5.37 Å². The molecule has 1 aliphatic heterocycles. The van der Waals surface area contributed by atoms with Gasteiger partial charge < -0.3 is 4.90 Å². The fraction of sp³-hybridized carbons (Fsp3) is 0.900. The van der Waals surface area contributed by atoms with Crippen LogP contribution >= 0.6 is 11.6 Å². The maximum Gasteiger partial charge on any atom is 0.316 e. The molecule has 76 valence electrons. The van der Waals surface area contributed by atoms with Crippen molar-refractivity contribution in [3.63, 3.8) is 0 Å². The van der Waals surface area contributed by atoms with Crippen molar-refractivity contribution in [1.29, 1.82) is 0 Å². The molecule has 1 saturated heterocycles. The molecular formula is C10H18ClNO. The zero-order valence-corrected chi connectivity index (χ0v) is 9.40. The van der Waals surface area contributed by atoms with E-state index in [1.54, 1.807) is 4.90 Å². The average Bonchev–Trinajstić information content (AvgIpc) is 2.12. The quantitative estimate of drug-likeness (QED) is 0.437. The van der Waals surface area contributed by atoms with E-state index in [1.807, 2.05) is 0 Å². The molecule has 1 amide bonds. The van der Waals surface area contributed by atoms with Crippen LogP contribution in [0.4, 0.5) is 4.79 Å². The lowest BCUT2D eigenvalue weighted by molar-refractivity contribution is 0.121. The molecule has 1 aliphatic rings. The highest BCUT2D eigenvalue weighted by Crippen LogP contribution is 2.32. The fourth-order valence-corrected chi connectivity index (χ4v) is 2.24. The summed E-state index contributed by atoms with van der Waals surface area (Å²) in [5.74, 6) is 0.526. The minimum absolute atomic E-state index is 0.0880. The molecule has 1 unspecified atom stereocenters. The Morgan fingerprint density at radius 2 is 2.08 bits per heavy atom. The second-order valence-corrected chi connectivity index (χ2v) is 4.78. The van der Waals surface area contributed by atoms with E-state index in [4.69, 9.17) is 11.6 Å². The Kier molecular flexibility index (Phi) is 3.23. The van der Waals surface area contributed by atoms with E-state index in [-0.39, 0.29) is 10.9 Å². The largest absolute Gasteiger partial charge is 0.324 e. The number of likely N-dealkylation sites (tertiary alicyclic amines) is 1. The number of rotatable bonds is 0. The number of carbonyl (C=O) groups excluding carboxylic acids is 1. The summed E-state index contributed by atoms with van der Waals surface area (Å²) in [6.07, 6.45) is 3.46. The third kappa shape index (κ3) is 2.16. The third-order valence-electron chi connectivity index (χ3n) is 3.38. The zero-order chi connectivity index (χ0) is 10.1. The summed E-state index contributed by atoms with van der Waals surface area (Å²) in [5, 5.41) is -0.307. The lowest BCUT2D eigenvalue weighted by Gasteiger charge is -2.39. The van der Waals surface area contributed by atoms with Crippen LogP contribution < -0.4 is 0 Å². The van der Waals surface area contributed by atoms with Gasteiger partial charge in [-0.15, -0.1) is 0 Å². The van der Waals surface area contributed by atoms with Gasteiger partial charge in [0.05, 0.1) is 0 Å². The maximum absolute atomic E-state index is 11.2. The van der Waals surface area contributed by atoms with Gasteiger partial charge in [0.15, 0.2) is 0 Å². The van der Waals surface area contributed by atoms with Crippen LogP contribution in [0, 0.1) is 5.92 Å². The van der Waals surface area contributed by atoms with Gasteiger partial charge in [0.2, 0.25) is 0 Å². The summed E-state index contributed by atoms with van der Waals surface area (Å²) >= 11 is 5.57. The van der Waals surface area contributed by atoms with Gasteiger partial charge in [0.1, 0.15) is 0 Å². The normalized spacial score (nSPS) is 28.3. The zero-order valence-electron chi connectivity index (χ0n) is 8.64. The summed E-state index contributed by atoms with van der Waals surface area (Å²) in [6, 6.07) is 0. The van der Waals surface area contributed by atoms with Crippen molar-refractivity contribution in [3.05, 3.63) is 0 Å². The maximum atomic E-state index is 11.2. The molecule has 0 aliphatic carbocycles. The van der Waals surface area contributed by atoms with Crippen LogP contribution in [0.25, 0.3) is 0 Å². The Hall–Kier alpha value is -0.240. The molecule has 0 saturated carbocycles. The van der Waals surface area contributed by atoms with Gasteiger partial charge in [0.25, 0.3) is 0 Å². The van der Waals surface area contributed by atoms with Gasteiger partial charge in [0, 0.05) is 12.1 Å². The van der Waals surface area contributed by atoms with Crippen molar-refractivity contribution < 1.29 is 4.79 Å². The van der Waals surface area contributed by atoms with Gasteiger partial charge in [-0.25, -0.2) is 0 Å². The molecule has 0 N–H and O–H groups in total. The summed E-state index contributed by atoms with van der Waals surface area (Å²) in [7, 11) is 0. The standard InChI is InChI=1S/C10H18ClNO/c1-8-6-4-5-7-12(9(11)13)10(8,2)3/h8H,4-7H2,1-3H3. The van der Waals surface area contributed by atoms with Crippen molar-refractivity contribution in [3.8, 4) is 0 Å². The lowest BCUT2D eigenvalue weighted by Crippen LogP contribution is -2.49. The first-order valence-corrected chi connectivity index (χ1v) is 5.31. The molecule has 1 fully saturated rings. The van der Waals surface area contributed by atoms with Crippen molar-refractivity contribution in [2.45, 2.75) is 45.6 Å². The summed E-state index contributed by atoms with van der Waals surface area (Å²) in [4.78, 5) is 13.0. The molecule has 0 aromatic heterocycles. The molecule has 1 heterocycles. The van der Waals surface area contributed by atoms with Gasteiger partial charge in [-0.2, -0.15) is 0 Å². The van der Waals surface area contributed by atoms with E-state index >= 15 is 0 Å². The van der Waals surface area contributed by atoms with Crippen LogP contribution in [0.3, 0.4) is 0 Å². The monoisotopic (exact) mass is 203 g/mol. The highest BCUT2D eigenvalue weighted by molar-refractivity contribution is 6.62. The molecule has 13 heavy (non-hydrogen) atoms. The Labute approximate surface area is 85.2 Å². The molecule has 1 rings (SSSR count). The van der Waals surface area contributed by atoms with Crippen LogP contribution in [0.1, 0.15) is 40.0 Å². The number of hydrogen-bond acceptors (Lipinski definition) is 1. The number of carbonyl (C=O) groups is 1. The smallest absolute Gasteiger partial charge is 0.316 e. The van der Waals surface area contributed by atoms with Crippen molar-refractivity contribution >= 4 is 17.0 Å².